The summed E-state index contributed by atoms with van der Waals surface area (Å²) in [6.07, 6.45) is 7.24. The van der Waals surface area contributed by atoms with Gasteiger partial charge in [0.25, 0.3) is 6.33 Å². The molecule has 0 bridgehead atoms. The van der Waals surface area contributed by atoms with Crippen molar-refractivity contribution in [2.75, 3.05) is 0 Å². The van der Waals surface area contributed by atoms with E-state index in [0.29, 0.717) is 59.3 Å². The first kappa shape index (κ1) is 38.1. The average Bonchev–Trinajstić information content (AvgIpc) is 1.66. The Morgan fingerprint density at radius 1 is 0.535 bits per heavy atom. The minimum atomic E-state index is -0.899. The minimum absolute atomic E-state index is 0. The van der Waals surface area contributed by atoms with Gasteiger partial charge in [0.1, 0.15) is 5.82 Å². The number of rotatable bonds is 6. The van der Waals surface area contributed by atoms with E-state index in [1.807, 2.05) is 102 Å². The third-order valence-corrected chi connectivity index (χ3v) is 18.1. The topological polar surface area (TPSA) is 35.9 Å². The van der Waals surface area contributed by atoms with Crippen LogP contribution in [0.2, 0.25) is 0 Å². The first-order valence-corrected chi connectivity index (χ1v) is 29.0. The Morgan fingerprint density at radius 3 is 1.79 bits per heavy atom. The Balaban J connectivity index is 0.00000928. The van der Waals surface area contributed by atoms with Crippen LogP contribution in [0.15, 0.2) is 188 Å². The van der Waals surface area contributed by atoms with Gasteiger partial charge in [0, 0.05) is 49.8 Å². The van der Waals surface area contributed by atoms with Crippen LogP contribution >= 0.6 is 0 Å². The predicted molar refractivity (Wildman–Crippen MR) is 350 cm³/mol. The molecule has 0 radical (unpaired) electrons. The molecule has 3 aromatic heterocycles. The zero-order chi connectivity index (χ0) is 75.1. The van der Waals surface area contributed by atoms with Gasteiger partial charge in [0.05, 0.1) is 42.8 Å². The Kier molecular flexibility index (Phi) is 8.86. The molecule has 0 spiro atoms. The van der Waals surface area contributed by atoms with Gasteiger partial charge in [-0.1, -0.05) is 215 Å². The second-order valence-corrected chi connectivity index (χ2v) is 26.6. The van der Waals surface area contributed by atoms with Crippen LogP contribution in [0.4, 0.5) is 0 Å². The molecule has 0 saturated heterocycles. The van der Waals surface area contributed by atoms with Gasteiger partial charge in [0.2, 0.25) is 0 Å². The van der Waals surface area contributed by atoms with E-state index in [9.17, 15) is 26.0 Å². The fourth-order valence-electron chi connectivity index (χ4n) is 13.0. The molecule has 9 aromatic carbocycles. The van der Waals surface area contributed by atoms with Crippen molar-refractivity contribution in [3.63, 3.8) is 0 Å². The molecular weight excluding hydrogens is 1230 g/mol. The van der Waals surface area contributed by atoms with Crippen LogP contribution in [0.25, 0.3) is 106 Å². The molecule has 0 fully saturated rings. The van der Waals surface area contributed by atoms with Gasteiger partial charge in [-0.3, -0.25) is 4.57 Å². The third-order valence-electron chi connectivity index (χ3n) is 18.1. The average molecular weight is 1320 g/mol. The molecule has 0 unspecified atom stereocenters. The Morgan fingerprint density at radius 2 is 1.12 bits per heavy atom. The van der Waals surface area contributed by atoms with Crippen molar-refractivity contribution >= 4 is 32.8 Å². The number of para-hydroxylation sites is 2. The maximum absolute atomic E-state index is 10.8. The zero-order valence-electron chi connectivity index (χ0n) is 68.8. The minimum Gasteiger partial charge on any atom is -0.510 e. The summed E-state index contributed by atoms with van der Waals surface area (Å²) >= 11 is 0. The van der Waals surface area contributed by atoms with E-state index < -0.39 is 174 Å². The molecule has 0 atom stereocenters. The van der Waals surface area contributed by atoms with E-state index in [-0.39, 0.29) is 78.9 Å². The molecule has 1 aliphatic heterocycles. The summed E-state index contributed by atoms with van der Waals surface area (Å²) in [6, 6.07) is 13.8. The van der Waals surface area contributed by atoms with Gasteiger partial charge in [-0.15, -0.1) is 29.7 Å². The Labute approximate surface area is 548 Å². The van der Waals surface area contributed by atoms with Gasteiger partial charge in [-0.2, -0.15) is 18.2 Å². The summed E-state index contributed by atoms with van der Waals surface area (Å²) in [7, 11) is 0. The largest absolute Gasteiger partial charge is 0.510 e. The molecule has 12 aromatic rings. The molecule has 430 valence electrons. The Hall–Kier alpha value is -8.11. The molecule has 0 N–H and O–H groups in total. The van der Waals surface area contributed by atoms with Crippen LogP contribution in [-0.4, -0.2) is 14.1 Å². The van der Waals surface area contributed by atoms with Gasteiger partial charge in [0.15, 0.2) is 0 Å². The number of nitrogens with zero attached hydrogens (tertiary/aromatic N) is 4. The van der Waals surface area contributed by atoms with Crippen molar-refractivity contribution in [2.24, 2.45) is 0 Å². The number of imidazole rings is 1. The van der Waals surface area contributed by atoms with Crippen LogP contribution in [0.5, 0.6) is 11.5 Å². The predicted octanol–water partition coefficient (Wildman–Crippen LogP) is 20.2. The molecule has 86 heavy (non-hydrogen) atoms. The quantitative estimate of drug-likeness (QED) is 0.123. The number of benzene rings is 9. The normalized spacial score (nSPS) is 19.0. The SMILES string of the molecule is [2H]c1c([2H])c([2H])c2c(c1[2H])-c1c([2H])c([2H])c([2H])c([2H])c1-c1c([2H])c([2H])c([2H])c3c1[n+]([c-]n3-c1[c-]c(Oc3[c-]c4c(cc3)c3ccccc3n4-c3cc(C(C)(C)C)ccn3)ccc1)-c1c(-c3c([2H])c([2H])c4c(c3[2H])C(C)(C)CCC4(C)C)c([2H])c([2H])c(-c3c([2H])c([2H])c4c(c3[2H])C(C)(C)CCC4(C)C)c1-2.[Pt]. The standard InChI is InChI=1S/C80H72N4O.Pt/c1-76(2,3)52-38-43-81-72(46-52)84-69-28-17-16-25-61(69)62-33-32-55(48-71(62)84)85-54-21-18-20-53(47-54)82-49-83-74-64(27-19-29-70(74)82)60-24-13-12-22-58(60)59-23-14-15-26-63(59)73-56(50-30-36-65-67(44-50)79(8,9)41-39-77(65,4)5)34-35-57(75(73)83)51-31-37-66-68(45-51)80(10,11)42-40-78(66,6)7;/h12-38,43-46H,39-42H2,1-11H3;/q-2;/i12D,13D,14D,15D,19D,22D,23D,24D,26D,27D,29D,30D,31D,34D,35D,36D,37D,44D,45D;. The van der Waals surface area contributed by atoms with Crippen LogP contribution < -0.4 is 9.30 Å². The number of pyridine rings is 1. The molecule has 5 nitrogen and oxygen atoms in total. The number of aromatic nitrogens is 4. The summed E-state index contributed by atoms with van der Waals surface area (Å²) in [6.45, 7) is 21.7. The van der Waals surface area contributed by atoms with Gasteiger partial charge in [-0.05, 0) is 160 Å². The summed E-state index contributed by atoms with van der Waals surface area (Å²) in [4.78, 5) is 4.84. The van der Waals surface area contributed by atoms with Crippen LogP contribution in [0, 0.1) is 18.5 Å². The first-order chi connectivity index (χ1) is 48.7. The Bertz CT molecular complexity index is 5900. The van der Waals surface area contributed by atoms with Crippen molar-refractivity contribution in [2.45, 2.75) is 129 Å². The van der Waals surface area contributed by atoms with Gasteiger partial charge >= 0.3 is 0 Å². The maximum Gasteiger partial charge on any atom is 0.268 e. The van der Waals surface area contributed by atoms with Crippen LogP contribution in [-0.2, 0) is 48.1 Å². The maximum atomic E-state index is 10.8. The number of hydrogen-bond acceptors (Lipinski definition) is 2. The second-order valence-electron chi connectivity index (χ2n) is 26.6. The van der Waals surface area contributed by atoms with Crippen LogP contribution in [0.1, 0.15) is 156 Å². The van der Waals surface area contributed by atoms with E-state index in [2.05, 4.69) is 39.2 Å². The number of ether oxygens (including phenoxy) is 1. The summed E-state index contributed by atoms with van der Waals surface area (Å²) in [5.41, 5.74) is -5.88. The molecule has 0 saturated carbocycles. The van der Waals surface area contributed by atoms with Crippen molar-refractivity contribution in [1.82, 2.24) is 14.1 Å². The van der Waals surface area contributed by atoms with E-state index in [4.69, 9.17) is 9.72 Å². The molecule has 3 aliphatic rings. The van der Waals surface area contributed by atoms with E-state index >= 15 is 0 Å². The van der Waals surface area contributed by atoms with Crippen LogP contribution in [0.3, 0.4) is 0 Å². The van der Waals surface area contributed by atoms with Crippen molar-refractivity contribution in [3.8, 4) is 84.3 Å². The zero-order valence-corrected chi connectivity index (χ0v) is 52.0. The number of fused-ring (bicyclic) bond motifs is 12. The molecule has 0 amide bonds. The first-order valence-electron chi connectivity index (χ1n) is 38.5. The summed E-state index contributed by atoms with van der Waals surface area (Å²) < 4.78 is 204. The number of hydrogen-bond donors (Lipinski definition) is 0. The monoisotopic (exact) mass is 1320 g/mol. The molecule has 2 aliphatic carbocycles. The fraction of sp³-hybridized carbons (Fsp3) is 0.250. The van der Waals surface area contributed by atoms with E-state index in [1.165, 1.54) is 9.13 Å². The molecular formula is C80H72N4OPt-2. The van der Waals surface area contributed by atoms with E-state index in [0.717, 1.165) is 21.9 Å². The summed E-state index contributed by atoms with van der Waals surface area (Å²) in [5.74, 6) is 0.955. The van der Waals surface area contributed by atoms with Gasteiger partial charge < -0.3 is 13.9 Å². The van der Waals surface area contributed by atoms with Crippen molar-refractivity contribution < 1.29 is 56.4 Å². The second kappa shape index (κ2) is 20.0. The third kappa shape index (κ3) is 8.88. The van der Waals surface area contributed by atoms with Crippen molar-refractivity contribution in [1.29, 1.82) is 0 Å². The fourth-order valence-corrected chi connectivity index (χ4v) is 13.0. The van der Waals surface area contributed by atoms with E-state index in [1.54, 1.807) is 30.5 Å². The smallest absolute Gasteiger partial charge is 0.268 e. The molecule has 15 rings (SSSR count). The van der Waals surface area contributed by atoms with Gasteiger partial charge in [-0.25, -0.2) is 4.98 Å². The summed E-state index contributed by atoms with van der Waals surface area (Å²) in [5, 5.41) is 1.79. The van der Waals surface area contributed by atoms with Crippen molar-refractivity contribution in [3.05, 3.63) is 234 Å². The molecule has 6 heteroatoms. The molecule has 4 heterocycles.